The largest absolute Gasteiger partial charge is 0.424 e. The van der Waals surface area contributed by atoms with Gasteiger partial charge in [-0.2, -0.15) is 24.9 Å². The summed E-state index contributed by atoms with van der Waals surface area (Å²) >= 11 is 1.60. The molecule has 2 N–H and O–H groups in total. The number of thioether (sulfide) groups is 1. The van der Waals surface area contributed by atoms with Gasteiger partial charge in [0.2, 0.25) is 5.60 Å². The highest BCUT2D eigenvalue weighted by atomic mass is 32.2. The van der Waals surface area contributed by atoms with Gasteiger partial charge in [-0.1, -0.05) is 30.3 Å². The van der Waals surface area contributed by atoms with Gasteiger partial charge >= 0.3 is 6.18 Å². The van der Waals surface area contributed by atoms with Crippen LogP contribution in [-0.2, 0) is 10.4 Å². The first kappa shape index (κ1) is 18.1. The zero-order chi connectivity index (χ0) is 17.1. The summed E-state index contributed by atoms with van der Waals surface area (Å²) in [6.07, 6.45) is -7.16. The fraction of sp³-hybridized carbons (Fsp3) is 0.533. The molecule has 1 saturated heterocycles. The summed E-state index contributed by atoms with van der Waals surface area (Å²) in [4.78, 5) is 13.5. The Labute approximate surface area is 136 Å². The number of halogens is 3. The zero-order valence-electron chi connectivity index (χ0n) is 12.3. The van der Waals surface area contributed by atoms with Gasteiger partial charge in [-0.3, -0.25) is 4.79 Å². The highest BCUT2D eigenvalue weighted by Crippen LogP contribution is 2.42. The molecule has 0 saturated carbocycles. The minimum absolute atomic E-state index is 0.253. The van der Waals surface area contributed by atoms with Crippen molar-refractivity contribution in [1.29, 1.82) is 0 Å². The predicted molar refractivity (Wildman–Crippen MR) is 80.9 cm³/mol. The Morgan fingerprint density at radius 2 is 1.83 bits per heavy atom. The van der Waals surface area contributed by atoms with Crippen LogP contribution in [0.2, 0.25) is 0 Å². The number of hydrogen-bond donors (Lipinski definition) is 2. The number of aliphatic hydroxyl groups is 2. The monoisotopic (exact) mass is 349 g/mol. The van der Waals surface area contributed by atoms with Crippen molar-refractivity contribution >= 4 is 17.7 Å². The van der Waals surface area contributed by atoms with E-state index < -0.39 is 29.4 Å². The van der Waals surface area contributed by atoms with Crippen molar-refractivity contribution in [3.63, 3.8) is 0 Å². The van der Waals surface area contributed by atoms with Gasteiger partial charge < -0.3 is 15.1 Å². The van der Waals surface area contributed by atoms with Gasteiger partial charge in [-0.15, -0.1) is 0 Å². The Morgan fingerprint density at radius 3 is 2.43 bits per heavy atom. The van der Waals surface area contributed by atoms with Crippen molar-refractivity contribution in [2.75, 3.05) is 24.6 Å². The third kappa shape index (κ3) is 3.64. The van der Waals surface area contributed by atoms with Crippen molar-refractivity contribution in [3.05, 3.63) is 35.9 Å². The predicted octanol–water partition coefficient (Wildman–Crippen LogP) is 1.76. The number of carbonyl (C=O) groups excluding carboxylic acids is 1. The number of amides is 1. The molecule has 23 heavy (non-hydrogen) atoms. The zero-order valence-corrected chi connectivity index (χ0v) is 13.1. The number of carbonyl (C=O) groups is 1. The fourth-order valence-corrected chi connectivity index (χ4v) is 3.37. The van der Waals surface area contributed by atoms with E-state index in [1.807, 2.05) is 0 Å². The third-order valence-electron chi connectivity index (χ3n) is 3.81. The van der Waals surface area contributed by atoms with Gasteiger partial charge in [0.15, 0.2) is 6.10 Å². The van der Waals surface area contributed by atoms with Gasteiger partial charge in [0.05, 0.1) is 0 Å². The lowest BCUT2D eigenvalue weighted by Crippen LogP contribution is -2.58. The van der Waals surface area contributed by atoms with Crippen molar-refractivity contribution in [1.82, 2.24) is 4.90 Å². The fourth-order valence-electron chi connectivity index (χ4n) is 2.49. The van der Waals surface area contributed by atoms with Crippen molar-refractivity contribution in [2.24, 2.45) is 0 Å². The normalized spacial score (nSPS) is 20.5. The van der Waals surface area contributed by atoms with Gasteiger partial charge in [-0.25, -0.2) is 0 Å². The Hall–Kier alpha value is -1.25. The Bertz CT molecular complexity index is 533. The van der Waals surface area contributed by atoms with Crippen LogP contribution in [-0.4, -0.2) is 57.9 Å². The van der Waals surface area contributed by atoms with Crippen LogP contribution in [0, 0.1) is 0 Å². The van der Waals surface area contributed by atoms with Gasteiger partial charge in [0, 0.05) is 18.8 Å². The average molecular weight is 349 g/mol. The molecule has 2 rings (SSSR count). The van der Waals surface area contributed by atoms with E-state index in [0.717, 1.165) is 17.9 Å². The summed E-state index contributed by atoms with van der Waals surface area (Å²) in [5.74, 6) is 0.298. The Kier molecular flexibility index (Phi) is 5.59. The topological polar surface area (TPSA) is 60.8 Å². The molecule has 0 aliphatic carbocycles. The second-order valence-electron chi connectivity index (χ2n) is 5.32. The van der Waals surface area contributed by atoms with Crippen molar-refractivity contribution in [2.45, 2.75) is 24.3 Å². The lowest BCUT2D eigenvalue weighted by atomic mass is 9.86. The lowest BCUT2D eigenvalue weighted by Gasteiger charge is -2.36. The maximum atomic E-state index is 13.5. The van der Waals surface area contributed by atoms with E-state index in [1.165, 1.54) is 23.1 Å². The molecule has 1 aromatic carbocycles. The summed E-state index contributed by atoms with van der Waals surface area (Å²) < 4.78 is 40.4. The first-order chi connectivity index (χ1) is 10.8. The molecule has 1 heterocycles. The number of alkyl halides is 3. The first-order valence-electron chi connectivity index (χ1n) is 7.17. The van der Waals surface area contributed by atoms with E-state index in [0.29, 0.717) is 12.2 Å². The molecule has 0 spiro atoms. The van der Waals surface area contributed by atoms with Crippen molar-refractivity contribution in [3.8, 4) is 0 Å². The minimum atomic E-state index is -5.19. The van der Waals surface area contributed by atoms with E-state index in [4.69, 9.17) is 0 Å². The van der Waals surface area contributed by atoms with E-state index in [-0.39, 0.29) is 13.1 Å². The van der Waals surface area contributed by atoms with E-state index in [9.17, 15) is 28.2 Å². The molecule has 2 unspecified atom stereocenters. The molecule has 4 nitrogen and oxygen atoms in total. The number of nitrogens with zero attached hydrogens (tertiary/aromatic N) is 1. The molecule has 1 aromatic rings. The minimum Gasteiger partial charge on any atom is -0.380 e. The van der Waals surface area contributed by atoms with Crippen LogP contribution < -0.4 is 0 Å². The molecular weight excluding hydrogens is 331 g/mol. The molecule has 128 valence electrons. The van der Waals surface area contributed by atoms with Crippen molar-refractivity contribution < 1.29 is 28.2 Å². The summed E-state index contributed by atoms with van der Waals surface area (Å²) in [5, 5.41) is 20.3. The molecular formula is C15H18F3NO3S. The van der Waals surface area contributed by atoms with Crippen LogP contribution in [0.4, 0.5) is 13.2 Å². The van der Waals surface area contributed by atoms with Gasteiger partial charge in [0.1, 0.15) is 0 Å². The summed E-state index contributed by atoms with van der Waals surface area (Å²) in [6.45, 7) is 0.523. The molecule has 2 atom stereocenters. The molecule has 1 amide bonds. The second-order valence-corrected chi connectivity index (χ2v) is 6.55. The molecule has 0 bridgehead atoms. The number of benzene rings is 1. The van der Waals surface area contributed by atoms with Crippen LogP contribution in [0.15, 0.2) is 30.3 Å². The molecule has 1 fully saturated rings. The van der Waals surface area contributed by atoms with E-state index in [2.05, 4.69) is 0 Å². The molecule has 0 radical (unpaired) electrons. The quantitative estimate of drug-likeness (QED) is 0.873. The number of rotatable bonds is 3. The highest BCUT2D eigenvalue weighted by Gasteiger charge is 2.62. The summed E-state index contributed by atoms with van der Waals surface area (Å²) in [5.41, 5.74) is -4.19. The molecule has 0 aromatic heterocycles. The average Bonchev–Trinajstić information content (AvgIpc) is 2.81. The lowest BCUT2D eigenvalue weighted by molar-refractivity contribution is -0.294. The number of hydrogen-bond acceptors (Lipinski definition) is 4. The standard InChI is InChI=1S/C15H18F3NO3S/c16-15(17,18)14(22,11-5-2-1-3-6-11)12(20)13(21)19-7-4-9-23-10-8-19/h1-3,5-6,12,20,22H,4,7-10H2. The van der Waals surface area contributed by atoms with E-state index >= 15 is 0 Å². The van der Waals surface area contributed by atoms with Crippen LogP contribution in [0.3, 0.4) is 0 Å². The summed E-state index contributed by atoms with van der Waals surface area (Å²) in [6, 6.07) is 6.20. The highest BCUT2D eigenvalue weighted by molar-refractivity contribution is 7.99. The van der Waals surface area contributed by atoms with Crippen LogP contribution in [0.1, 0.15) is 12.0 Å². The molecule has 8 heteroatoms. The van der Waals surface area contributed by atoms with Crippen LogP contribution in [0.25, 0.3) is 0 Å². The summed E-state index contributed by atoms with van der Waals surface area (Å²) in [7, 11) is 0. The molecule has 1 aliphatic rings. The number of aliphatic hydroxyl groups excluding tert-OH is 1. The third-order valence-corrected chi connectivity index (χ3v) is 4.86. The first-order valence-corrected chi connectivity index (χ1v) is 8.33. The Balaban J connectivity index is 2.34. The maximum Gasteiger partial charge on any atom is 0.424 e. The smallest absolute Gasteiger partial charge is 0.380 e. The van der Waals surface area contributed by atoms with Crippen LogP contribution >= 0.6 is 11.8 Å². The molecule has 1 aliphatic heterocycles. The second kappa shape index (κ2) is 7.11. The van der Waals surface area contributed by atoms with Gasteiger partial charge in [0.25, 0.3) is 5.91 Å². The SMILES string of the molecule is O=C(C(O)C(O)(c1ccccc1)C(F)(F)F)N1CCCSCC1. The van der Waals surface area contributed by atoms with Gasteiger partial charge in [-0.05, 0) is 17.7 Å². The Morgan fingerprint density at radius 1 is 1.17 bits per heavy atom. The van der Waals surface area contributed by atoms with Crippen LogP contribution in [0.5, 0.6) is 0 Å². The maximum absolute atomic E-state index is 13.5. The van der Waals surface area contributed by atoms with E-state index in [1.54, 1.807) is 11.8 Å².